The first-order chi connectivity index (χ1) is 17.6. The molecule has 3 atom stereocenters. The van der Waals surface area contributed by atoms with Crippen molar-refractivity contribution in [2.24, 2.45) is 0 Å². The molecule has 1 fully saturated rings. The minimum Gasteiger partial charge on any atom is -0.342 e. The van der Waals surface area contributed by atoms with Crippen LogP contribution in [0.2, 0.25) is 5.15 Å². The third-order valence-corrected chi connectivity index (χ3v) is 7.42. The monoisotopic (exact) mass is 528 g/mol. The van der Waals surface area contributed by atoms with Crippen LogP contribution in [0.1, 0.15) is 49.6 Å². The molecule has 0 unspecified atom stereocenters. The maximum Gasteiger partial charge on any atom is 0.266 e. The van der Waals surface area contributed by atoms with Gasteiger partial charge < -0.3 is 14.0 Å². The summed E-state index contributed by atoms with van der Waals surface area (Å²) in [6.45, 7) is 5.44. The van der Waals surface area contributed by atoms with Crippen molar-refractivity contribution in [1.29, 1.82) is 0 Å². The molecule has 0 amide bonds. The maximum absolute atomic E-state index is 14.9. The van der Waals surface area contributed by atoms with E-state index < -0.39 is 23.6 Å². The number of pyridine rings is 1. The minimum absolute atomic E-state index is 0.161. The molecule has 1 aliphatic heterocycles. The van der Waals surface area contributed by atoms with E-state index in [-0.39, 0.29) is 23.6 Å². The average molecular weight is 529 g/mol. The first-order valence-corrected chi connectivity index (χ1v) is 12.4. The number of halogens is 4. The van der Waals surface area contributed by atoms with Crippen molar-refractivity contribution in [3.8, 4) is 0 Å². The van der Waals surface area contributed by atoms with Gasteiger partial charge in [-0.15, -0.1) is 0 Å². The van der Waals surface area contributed by atoms with Gasteiger partial charge in [0.05, 0.1) is 17.0 Å². The number of aromatic nitrogens is 4. The quantitative estimate of drug-likeness (QED) is 0.214. The predicted molar refractivity (Wildman–Crippen MR) is 133 cm³/mol. The second-order valence-electron chi connectivity index (χ2n) is 9.99. The summed E-state index contributed by atoms with van der Waals surface area (Å²) in [4.78, 5) is 12.8. The van der Waals surface area contributed by atoms with Gasteiger partial charge in [-0.2, -0.15) is 0 Å². The summed E-state index contributed by atoms with van der Waals surface area (Å²) in [7, 11) is 0. The van der Waals surface area contributed by atoms with Crippen molar-refractivity contribution >= 4 is 33.4 Å². The lowest BCUT2D eigenvalue weighted by molar-refractivity contribution is -0.147. The van der Waals surface area contributed by atoms with Crippen LogP contribution in [0.25, 0.3) is 21.8 Å². The van der Waals surface area contributed by atoms with E-state index >= 15 is 0 Å². The lowest BCUT2D eigenvalue weighted by atomic mass is 9.95. The molecule has 1 aromatic carbocycles. The fourth-order valence-electron chi connectivity index (χ4n) is 5.51. The zero-order chi connectivity index (χ0) is 26.1. The van der Waals surface area contributed by atoms with Crippen LogP contribution in [-0.2, 0) is 15.9 Å². The average Bonchev–Trinajstić information content (AvgIpc) is 3.50. The molecule has 2 aliphatic rings. The van der Waals surface area contributed by atoms with E-state index in [0.29, 0.717) is 40.3 Å². The second-order valence-corrected chi connectivity index (χ2v) is 10.3. The van der Waals surface area contributed by atoms with Gasteiger partial charge in [0, 0.05) is 28.9 Å². The highest BCUT2D eigenvalue weighted by molar-refractivity contribution is 6.33. The van der Waals surface area contributed by atoms with Crippen LogP contribution in [-0.4, -0.2) is 37.5 Å². The SMILES string of the molecule is Cc1cc2c(F)c(C(F)F)cc(CCC3=C[C@@H](n4ccc5c(Cl)ncnc54)[C@@H]4OC(C)(C)O[C@H]34)c2cn1. The Kier molecular flexibility index (Phi) is 5.78. The lowest BCUT2D eigenvalue weighted by Gasteiger charge is -2.22. The number of benzene rings is 1. The van der Waals surface area contributed by atoms with Crippen molar-refractivity contribution in [2.75, 3.05) is 0 Å². The number of aryl methyl sites for hydroxylation is 2. The van der Waals surface area contributed by atoms with Gasteiger partial charge in [-0.25, -0.2) is 23.1 Å². The highest BCUT2D eigenvalue weighted by atomic mass is 35.5. The molecule has 192 valence electrons. The van der Waals surface area contributed by atoms with E-state index in [4.69, 9.17) is 21.1 Å². The highest BCUT2D eigenvalue weighted by Crippen LogP contribution is 2.45. The molecule has 4 heterocycles. The van der Waals surface area contributed by atoms with Crippen LogP contribution < -0.4 is 0 Å². The molecule has 1 saturated heterocycles. The number of alkyl halides is 2. The standard InChI is InChI=1S/C27H24ClF3N4O2/c1-13-8-17-19(11-32-13)14(9-18(21(17)29)25(30)31)4-5-15-10-20(23-22(15)36-27(2,3)37-23)35-7-6-16-24(28)33-12-34-26(16)35/h6-12,20,22-23,25H,4-5H2,1-3H3/t20-,22-,23+/m1/s1. The molecule has 6 nitrogen and oxygen atoms in total. The van der Waals surface area contributed by atoms with E-state index in [1.807, 2.05) is 30.7 Å². The van der Waals surface area contributed by atoms with Crippen LogP contribution in [0, 0.1) is 12.7 Å². The summed E-state index contributed by atoms with van der Waals surface area (Å²) in [6.07, 6.45) is 4.34. The topological polar surface area (TPSA) is 62.1 Å². The Bertz CT molecular complexity index is 1570. The molecule has 0 N–H and O–H groups in total. The van der Waals surface area contributed by atoms with E-state index in [1.54, 1.807) is 13.1 Å². The fraction of sp³-hybridized carbons (Fsp3) is 0.370. The molecule has 4 aromatic rings. The largest absolute Gasteiger partial charge is 0.342 e. The van der Waals surface area contributed by atoms with Crippen molar-refractivity contribution in [3.05, 3.63) is 76.4 Å². The van der Waals surface area contributed by atoms with Gasteiger partial charge in [0.25, 0.3) is 6.43 Å². The Balaban J connectivity index is 1.38. The molecular weight excluding hydrogens is 505 g/mol. The van der Waals surface area contributed by atoms with Crippen LogP contribution in [0.4, 0.5) is 13.2 Å². The van der Waals surface area contributed by atoms with Gasteiger partial charge in [-0.1, -0.05) is 17.7 Å². The zero-order valence-corrected chi connectivity index (χ0v) is 21.1. The summed E-state index contributed by atoms with van der Waals surface area (Å²) in [5.41, 5.74) is 2.25. The molecule has 37 heavy (non-hydrogen) atoms. The highest BCUT2D eigenvalue weighted by Gasteiger charge is 2.50. The minimum atomic E-state index is -2.92. The van der Waals surface area contributed by atoms with Gasteiger partial charge in [0.2, 0.25) is 0 Å². The second kappa shape index (κ2) is 8.79. The maximum atomic E-state index is 14.9. The predicted octanol–water partition coefficient (Wildman–Crippen LogP) is 6.65. The molecule has 0 spiro atoms. The van der Waals surface area contributed by atoms with E-state index in [0.717, 1.165) is 11.0 Å². The summed E-state index contributed by atoms with van der Waals surface area (Å²) in [5.74, 6) is -1.69. The van der Waals surface area contributed by atoms with Crippen molar-refractivity contribution in [1.82, 2.24) is 19.5 Å². The number of nitrogens with zero attached hydrogens (tertiary/aromatic N) is 4. The smallest absolute Gasteiger partial charge is 0.266 e. The fourth-order valence-corrected chi connectivity index (χ4v) is 5.70. The molecule has 0 saturated carbocycles. The summed E-state index contributed by atoms with van der Waals surface area (Å²) in [5, 5.41) is 1.80. The molecule has 6 rings (SSSR count). The van der Waals surface area contributed by atoms with Gasteiger partial charge in [-0.3, -0.25) is 4.98 Å². The number of rotatable bonds is 5. The normalized spacial score (nSPS) is 22.8. The Labute approximate surface area is 216 Å². The van der Waals surface area contributed by atoms with E-state index in [1.165, 1.54) is 18.5 Å². The summed E-state index contributed by atoms with van der Waals surface area (Å²) in [6, 6.07) is 4.43. The van der Waals surface area contributed by atoms with Crippen molar-refractivity contribution < 1.29 is 22.6 Å². The van der Waals surface area contributed by atoms with Crippen LogP contribution in [0.15, 0.2) is 48.6 Å². The van der Waals surface area contributed by atoms with Crippen molar-refractivity contribution in [3.63, 3.8) is 0 Å². The number of hydrogen-bond acceptors (Lipinski definition) is 5. The molecular formula is C27H24ClF3N4O2. The van der Waals surface area contributed by atoms with E-state index in [2.05, 4.69) is 21.0 Å². The molecule has 1 aliphatic carbocycles. The first-order valence-electron chi connectivity index (χ1n) is 12.0. The molecule has 3 aromatic heterocycles. The first kappa shape index (κ1) is 24.3. The molecule has 10 heteroatoms. The number of fused-ring (bicyclic) bond motifs is 3. The Hall–Kier alpha value is -3.01. The third-order valence-electron chi connectivity index (χ3n) is 7.12. The third kappa shape index (κ3) is 4.09. The van der Waals surface area contributed by atoms with Crippen molar-refractivity contribution in [2.45, 2.75) is 64.1 Å². The van der Waals surface area contributed by atoms with Gasteiger partial charge in [-0.05, 0) is 62.9 Å². The Morgan fingerprint density at radius 1 is 1.08 bits per heavy atom. The Morgan fingerprint density at radius 2 is 1.89 bits per heavy atom. The summed E-state index contributed by atoms with van der Waals surface area (Å²) < 4.78 is 56.8. The summed E-state index contributed by atoms with van der Waals surface area (Å²) >= 11 is 6.26. The van der Waals surface area contributed by atoms with Gasteiger partial charge in [0.1, 0.15) is 35.2 Å². The molecule has 0 radical (unpaired) electrons. The zero-order valence-electron chi connectivity index (χ0n) is 20.4. The Morgan fingerprint density at radius 3 is 2.68 bits per heavy atom. The van der Waals surface area contributed by atoms with Crippen LogP contribution >= 0.6 is 11.6 Å². The van der Waals surface area contributed by atoms with Gasteiger partial charge >= 0.3 is 0 Å². The van der Waals surface area contributed by atoms with Crippen LogP contribution in [0.3, 0.4) is 0 Å². The molecule has 0 bridgehead atoms. The number of hydrogen-bond donors (Lipinski definition) is 0. The van der Waals surface area contributed by atoms with Gasteiger partial charge in [0.15, 0.2) is 5.79 Å². The lowest BCUT2D eigenvalue weighted by Crippen LogP contribution is -2.27. The van der Waals surface area contributed by atoms with Crippen LogP contribution in [0.5, 0.6) is 0 Å². The van der Waals surface area contributed by atoms with E-state index in [9.17, 15) is 13.2 Å². The number of ether oxygens (including phenoxy) is 2.